The van der Waals surface area contributed by atoms with Gasteiger partial charge in [-0.25, -0.2) is 0 Å². The van der Waals surface area contributed by atoms with Gasteiger partial charge in [-0.2, -0.15) is 0 Å². The lowest BCUT2D eigenvalue weighted by Crippen LogP contribution is -2.40. The van der Waals surface area contributed by atoms with E-state index in [2.05, 4.69) is 19.2 Å². The Balaban J connectivity index is 1.76. The van der Waals surface area contributed by atoms with Gasteiger partial charge in [0.2, 0.25) is 5.91 Å². The molecule has 0 aromatic heterocycles. The fourth-order valence-corrected chi connectivity index (χ4v) is 3.34. The summed E-state index contributed by atoms with van der Waals surface area (Å²) in [6.45, 7) is 6.04. The van der Waals surface area contributed by atoms with Crippen molar-refractivity contribution in [3.05, 3.63) is 0 Å². The number of amides is 1. The van der Waals surface area contributed by atoms with Crippen LogP contribution in [0.25, 0.3) is 0 Å². The topological polar surface area (TPSA) is 38.3 Å². The van der Waals surface area contributed by atoms with E-state index in [0.717, 1.165) is 19.6 Å². The molecule has 0 unspecified atom stereocenters. The van der Waals surface area contributed by atoms with Gasteiger partial charge in [-0.3, -0.25) is 4.79 Å². The molecular weight excluding hydrogens is 226 g/mol. The molecule has 1 aliphatic heterocycles. The zero-order chi connectivity index (χ0) is 13.0. The summed E-state index contributed by atoms with van der Waals surface area (Å²) in [5, 5.41) is 3.18. The van der Waals surface area contributed by atoms with E-state index in [9.17, 15) is 4.79 Å². The molecule has 2 fully saturated rings. The Morgan fingerprint density at radius 3 is 2.72 bits per heavy atom. The zero-order valence-corrected chi connectivity index (χ0v) is 11.8. The number of rotatable bonds is 4. The maximum Gasteiger partial charge on any atom is 0.220 e. The second-order valence-corrected chi connectivity index (χ2v) is 6.53. The highest BCUT2D eigenvalue weighted by Gasteiger charge is 2.31. The molecule has 1 heterocycles. The van der Waals surface area contributed by atoms with Crippen LogP contribution in [-0.2, 0) is 9.53 Å². The van der Waals surface area contributed by atoms with Gasteiger partial charge in [-0.15, -0.1) is 0 Å². The summed E-state index contributed by atoms with van der Waals surface area (Å²) in [4.78, 5) is 12.1. The van der Waals surface area contributed by atoms with Crippen molar-refractivity contribution in [1.29, 1.82) is 0 Å². The number of hydrogen-bond donors (Lipinski definition) is 1. The Hall–Kier alpha value is -0.570. The molecule has 0 aromatic rings. The standard InChI is InChI=1S/C15H27NO2/c1-12(13-6-9-18-11-13)16-14(17)10-15(2)7-4-3-5-8-15/h12-13H,3-11H2,1-2H3,(H,16,17)/t12-,13-/m1/s1. The number of carbonyl (C=O) groups is 1. The Morgan fingerprint density at radius 1 is 1.39 bits per heavy atom. The van der Waals surface area contributed by atoms with Gasteiger partial charge in [0.25, 0.3) is 0 Å². The fraction of sp³-hybridized carbons (Fsp3) is 0.933. The lowest BCUT2D eigenvalue weighted by Gasteiger charge is -2.33. The highest BCUT2D eigenvalue weighted by Crippen LogP contribution is 2.38. The molecule has 3 heteroatoms. The second kappa shape index (κ2) is 6.05. The van der Waals surface area contributed by atoms with Crippen LogP contribution in [-0.4, -0.2) is 25.2 Å². The Labute approximate surface area is 111 Å². The van der Waals surface area contributed by atoms with Crippen LogP contribution >= 0.6 is 0 Å². The van der Waals surface area contributed by atoms with Crippen LogP contribution in [0.1, 0.15) is 58.8 Å². The normalized spacial score (nSPS) is 28.9. The molecule has 2 rings (SSSR count). The minimum Gasteiger partial charge on any atom is -0.381 e. The molecule has 2 aliphatic rings. The summed E-state index contributed by atoms with van der Waals surface area (Å²) in [7, 11) is 0. The zero-order valence-electron chi connectivity index (χ0n) is 11.8. The first-order chi connectivity index (χ1) is 8.59. The third kappa shape index (κ3) is 3.71. The molecule has 1 aliphatic carbocycles. The predicted molar refractivity (Wildman–Crippen MR) is 72.3 cm³/mol. The first-order valence-electron chi connectivity index (χ1n) is 7.46. The Morgan fingerprint density at radius 2 is 2.11 bits per heavy atom. The molecule has 104 valence electrons. The van der Waals surface area contributed by atoms with Crippen molar-refractivity contribution in [3.63, 3.8) is 0 Å². The molecule has 2 atom stereocenters. The minimum absolute atomic E-state index is 0.235. The molecule has 1 saturated carbocycles. The van der Waals surface area contributed by atoms with Crippen LogP contribution in [0.15, 0.2) is 0 Å². The first-order valence-corrected chi connectivity index (χ1v) is 7.46. The van der Waals surface area contributed by atoms with Crippen molar-refractivity contribution in [2.75, 3.05) is 13.2 Å². The molecule has 0 bridgehead atoms. The van der Waals surface area contributed by atoms with Gasteiger partial charge >= 0.3 is 0 Å². The SMILES string of the molecule is C[C@@H](NC(=O)CC1(C)CCCCC1)[C@@H]1CCOC1. The van der Waals surface area contributed by atoms with Crippen molar-refractivity contribution in [1.82, 2.24) is 5.32 Å². The summed E-state index contributed by atoms with van der Waals surface area (Å²) in [5.41, 5.74) is 0.244. The van der Waals surface area contributed by atoms with Gasteiger partial charge in [0.15, 0.2) is 0 Å². The lowest BCUT2D eigenvalue weighted by molar-refractivity contribution is -0.124. The average molecular weight is 253 g/mol. The van der Waals surface area contributed by atoms with Gasteiger partial charge in [0, 0.05) is 25.0 Å². The third-order valence-corrected chi connectivity index (χ3v) is 4.71. The van der Waals surface area contributed by atoms with E-state index in [0.29, 0.717) is 12.3 Å². The van der Waals surface area contributed by atoms with E-state index in [1.54, 1.807) is 0 Å². The molecular formula is C15H27NO2. The number of nitrogens with one attached hydrogen (secondary N) is 1. The van der Waals surface area contributed by atoms with Crippen molar-refractivity contribution < 1.29 is 9.53 Å². The van der Waals surface area contributed by atoms with Crippen LogP contribution in [0.3, 0.4) is 0 Å². The van der Waals surface area contributed by atoms with Crippen LogP contribution in [0, 0.1) is 11.3 Å². The van der Waals surface area contributed by atoms with Gasteiger partial charge in [-0.05, 0) is 31.6 Å². The number of carbonyl (C=O) groups excluding carboxylic acids is 1. The van der Waals surface area contributed by atoms with Crippen LogP contribution < -0.4 is 5.32 Å². The summed E-state index contributed by atoms with van der Waals surface area (Å²) in [6, 6.07) is 0.257. The molecule has 1 N–H and O–H groups in total. The molecule has 18 heavy (non-hydrogen) atoms. The van der Waals surface area contributed by atoms with Gasteiger partial charge in [-0.1, -0.05) is 26.2 Å². The van der Waals surface area contributed by atoms with E-state index >= 15 is 0 Å². The van der Waals surface area contributed by atoms with Gasteiger partial charge in [0.1, 0.15) is 0 Å². The highest BCUT2D eigenvalue weighted by atomic mass is 16.5. The third-order valence-electron chi connectivity index (χ3n) is 4.71. The van der Waals surface area contributed by atoms with Gasteiger partial charge in [0.05, 0.1) is 6.61 Å². The lowest BCUT2D eigenvalue weighted by atomic mass is 9.73. The van der Waals surface area contributed by atoms with E-state index in [4.69, 9.17) is 4.74 Å². The molecule has 3 nitrogen and oxygen atoms in total. The number of hydrogen-bond acceptors (Lipinski definition) is 2. The Bertz CT molecular complexity index is 278. The van der Waals surface area contributed by atoms with E-state index in [1.165, 1.54) is 32.1 Å². The van der Waals surface area contributed by atoms with Crippen LogP contribution in [0.4, 0.5) is 0 Å². The molecule has 0 radical (unpaired) electrons. The maximum absolute atomic E-state index is 12.1. The van der Waals surface area contributed by atoms with Crippen molar-refractivity contribution >= 4 is 5.91 Å². The number of ether oxygens (including phenoxy) is 1. The van der Waals surface area contributed by atoms with Crippen molar-refractivity contribution in [2.45, 2.75) is 64.8 Å². The second-order valence-electron chi connectivity index (χ2n) is 6.53. The Kier molecular flexibility index (Phi) is 4.66. The van der Waals surface area contributed by atoms with Crippen LogP contribution in [0.2, 0.25) is 0 Å². The van der Waals surface area contributed by atoms with Gasteiger partial charge < -0.3 is 10.1 Å². The predicted octanol–water partition coefficient (Wildman–Crippen LogP) is 2.89. The molecule has 0 aromatic carbocycles. The summed E-state index contributed by atoms with van der Waals surface area (Å²) in [5.74, 6) is 0.743. The molecule has 1 amide bonds. The summed E-state index contributed by atoms with van der Waals surface area (Å²) >= 11 is 0. The summed E-state index contributed by atoms with van der Waals surface area (Å²) in [6.07, 6.45) is 8.12. The van der Waals surface area contributed by atoms with Crippen LogP contribution in [0.5, 0.6) is 0 Å². The quantitative estimate of drug-likeness (QED) is 0.836. The molecule has 0 spiro atoms. The minimum atomic E-state index is 0.235. The van der Waals surface area contributed by atoms with E-state index in [1.807, 2.05) is 0 Å². The molecule has 1 saturated heterocycles. The monoisotopic (exact) mass is 253 g/mol. The highest BCUT2D eigenvalue weighted by molar-refractivity contribution is 5.77. The first kappa shape index (κ1) is 13.9. The summed E-state index contributed by atoms with van der Waals surface area (Å²) < 4.78 is 5.38. The van der Waals surface area contributed by atoms with E-state index < -0.39 is 0 Å². The fourth-order valence-electron chi connectivity index (χ4n) is 3.34. The smallest absolute Gasteiger partial charge is 0.220 e. The van der Waals surface area contributed by atoms with E-state index in [-0.39, 0.29) is 17.4 Å². The van der Waals surface area contributed by atoms with Crippen molar-refractivity contribution in [2.24, 2.45) is 11.3 Å². The maximum atomic E-state index is 12.1. The average Bonchev–Trinajstić information content (AvgIpc) is 2.82. The largest absolute Gasteiger partial charge is 0.381 e. The van der Waals surface area contributed by atoms with Crippen molar-refractivity contribution in [3.8, 4) is 0 Å².